The van der Waals surface area contributed by atoms with E-state index < -0.39 is 11.7 Å². The van der Waals surface area contributed by atoms with Gasteiger partial charge in [-0.25, -0.2) is 4.98 Å². The van der Waals surface area contributed by atoms with Gasteiger partial charge in [0.1, 0.15) is 11.6 Å². The Bertz CT molecular complexity index is 734. The molecule has 0 atom stereocenters. The highest BCUT2D eigenvalue weighted by Gasteiger charge is 2.33. The molecule has 0 fully saturated rings. The summed E-state index contributed by atoms with van der Waals surface area (Å²) in [6.45, 7) is 0.331. The van der Waals surface area contributed by atoms with E-state index in [2.05, 4.69) is 20.6 Å². The summed E-state index contributed by atoms with van der Waals surface area (Å²) in [5, 5.41) is 5.49. The van der Waals surface area contributed by atoms with Crippen LogP contribution in [0.25, 0.3) is 0 Å². The number of rotatable bonds is 6. The second-order valence-electron chi connectivity index (χ2n) is 4.95. The molecule has 2 rings (SSSR count). The first-order valence-corrected chi connectivity index (χ1v) is 7.37. The number of ether oxygens (including phenoxy) is 1. The lowest BCUT2D eigenvalue weighted by Gasteiger charge is -2.12. The van der Waals surface area contributed by atoms with Crippen molar-refractivity contribution in [1.82, 2.24) is 4.98 Å². The van der Waals surface area contributed by atoms with Gasteiger partial charge in [-0.2, -0.15) is 13.2 Å². The summed E-state index contributed by atoms with van der Waals surface area (Å²) in [6, 6.07) is 9.31. The molecule has 1 aromatic heterocycles. The van der Waals surface area contributed by atoms with Crippen LogP contribution in [0.1, 0.15) is 5.56 Å². The second kappa shape index (κ2) is 8.22. The fourth-order valence-corrected chi connectivity index (χ4v) is 2.01. The average molecular weight is 353 g/mol. The SMILES string of the molecule is COc1cccc(NC(N)=NCCNc2ncccc2C(F)(F)F)c1. The van der Waals surface area contributed by atoms with Gasteiger partial charge in [0.25, 0.3) is 0 Å². The van der Waals surface area contributed by atoms with E-state index in [9.17, 15) is 13.2 Å². The second-order valence-corrected chi connectivity index (χ2v) is 4.95. The number of hydrogen-bond acceptors (Lipinski definition) is 4. The third kappa shape index (κ3) is 5.55. The van der Waals surface area contributed by atoms with E-state index >= 15 is 0 Å². The molecule has 1 heterocycles. The fourth-order valence-electron chi connectivity index (χ4n) is 2.01. The van der Waals surface area contributed by atoms with E-state index in [0.717, 1.165) is 6.07 Å². The van der Waals surface area contributed by atoms with Crippen LogP contribution < -0.4 is 21.1 Å². The summed E-state index contributed by atoms with van der Waals surface area (Å²) in [7, 11) is 1.55. The molecule has 0 aliphatic rings. The van der Waals surface area contributed by atoms with Crippen LogP contribution in [0.3, 0.4) is 0 Å². The molecular weight excluding hydrogens is 335 g/mol. The molecule has 134 valence electrons. The number of alkyl halides is 3. The van der Waals surface area contributed by atoms with Gasteiger partial charge in [0.05, 0.1) is 19.2 Å². The van der Waals surface area contributed by atoms with Gasteiger partial charge in [-0.05, 0) is 24.3 Å². The molecule has 0 unspecified atom stereocenters. The van der Waals surface area contributed by atoms with Crippen LogP contribution in [0.2, 0.25) is 0 Å². The summed E-state index contributed by atoms with van der Waals surface area (Å²) < 4.78 is 43.6. The van der Waals surface area contributed by atoms with E-state index in [1.165, 1.54) is 12.3 Å². The summed E-state index contributed by atoms with van der Waals surface area (Å²) in [6.07, 6.45) is -3.17. The fraction of sp³-hybridized carbons (Fsp3) is 0.250. The lowest BCUT2D eigenvalue weighted by atomic mass is 10.2. The molecule has 9 heteroatoms. The quantitative estimate of drug-likeness (QED) is 0.422. The molecule has 0 bridgehead atoms. The minimum Gasteiger partial charge on any atom is -0.497 e. The van der Waals surface area contributed by atoms with Crippen molar-refractivity contribution in [2.24, 2.45) is 10.7 Å². The molecule has 0 radical (unpaired) electrons. The Balaban J connectivity index is 1.89. The lowest BCUT2D eigenvalue weighted by Crippen LogP contribution is -2.24. The molecule has 0 aliphatic carbocycles. The van der Waals surface area contributed by atoms with Crippen LogP contribution >= 0.6 is 0 Å². The number of nitrogens with one attached hydrogen (secondary N) is 2. The van der Waals surface area contributed by atoms with Gasteiger partial charge in [-0.1, -0.05) is 6.07 Å². The summed E-state index contributed by atoms with van der Waals surface area (Å²) >= 11 is 0. The van der Waals surface area contributed by atoms with Crippen molar-refractivity contribution in [2.75, 3.05) is 30.8 Å². The number of aromatic nitrogens is 1. The highest BCUT2D eigenvalue weighted by Crippen LogP contribution is 2.33. The maximum absolute atomic E-state index is 12.8. The van der Waals surface area contributed by atoms with Crippen LogP contribution in [0.5, 0.6) is 5.75 Å². The number of guanidine groups is 1. The first-order chi connectivity index (χ1) is 11.9. The van der Waals surface area contributed by atoms with Crippen molar-refractivity contribution in [1.29, 1.82) is 0 Å². The Morgan fingerprint density at radius 3 is 2.80 bits per heavy atom. The van der Waals surface area contributed by atoms with Gasteiger partial charge in [0, 0.05) is 24.5 Å². The molecule has 4 N–H and O–H groups in total. The Labute approximate surface area is 142 Å². The largest absolute Gasteiger partial charge is 0.497 e. The standard InChI is InChI=1S/C16H18F3N5O/c1-25-12-5-2-4-11(10-12)24-15(20)23-9-8-22-14-13(16(17,18)19)6-3-7-21-14/h2-7,10H,8-9H2,1H3,(H,21,22)(H3,20,23,24). The summed E-state index contributed by atoms with van der Waals surface area (Å²) in [4.78, 5) is 7.76. The highest BCUT2D eigenvalue weighted by atomic mass is 19.4. The minimum atomic E-state index is -4.47. The Kier molecular flexibility index (Phi) is 6.04. The van der Waals surface area contributed by atoms with Crippen molar-refractivity contribution >= 4 is 17.5 Å². The predicted molar refractivity (Wildman–Crippen MR) is 90.8 cm³/mol. The van der Waals surface area contributed by atoms with Gasteiger partial charge in [0.2, 0.25) is 0 Å². The van der Waals surface area contributed by atoms with E-state index in [1.807, 2.05) is 0 Å². The van der Waals surface area contributed by atoms with Crippen molar-refractivity contribution in [3.63, 3.8) is 0 Å². The van der Waals surface area contributed by atoms with Crippen molar-refractivity contribution < 1.29 is 17.9 Å². The number of pyridine rings is 1. The maximum atomic E-state index is 12.8. The number of hydrogen-bond donors (Lipinski definition) is 3. The third-order valence-corrected chi connectivity index (χ3v) is 3.14. The molecule has 25 heavy (non-hydrogen) atoms. The van der Waals surface area contributed by atoms with Crippen LogP contribution in [0.4, 0.5) is 24.7 Å². The first kappa shape index (κ1) is 18.4. The van der Waals surface area contributed by atoms with Gasteiger partial charge in [-0.3, -0.25) is 4.99 Å². The number of anilines is 2. The van der Waals surface area contributed by atoms with Gasteiger partial charge in [-0.15, -0.1) is 0 Å². The molecule has 0 aliphatic heterocycles. The molecule has 1 aromatic carbocycles. The van der Waals surface area contributed by atoms with Crippen molar-refractivity contribution in [3.05, 3.63) is 48.2 Å². The lowest BCUT2D eigenvalue weighted by molar-refractivity contribution is -0.137. The molecule has 2 aromatic rings. The van der Waals surface area contributed by atoms with Crippen LogP contribution in [-0.2, 0) is 6.18 Å². The zero-order valence-corrected chi connectivity index (χ0v) is 13.5. The van der Waals surface area contributed by atoms with E-state index in [1.54, 1.807) is 31.4 Å². The molecule has 0 spiro atoms. The van der Waals surface area contributed by atoms with Crippen molar-refractivity contribution in [3.8, 4) is 5.75 Å². The smallest absolute Gasteiger partial charge is 0.419 e. The van der Waals surface area contributed by atoms with E-state index in [0.29, 0.717) is 11.4 Å². The molecule has 6 nitrogen and oxygen atoms in total. The number of aliphatic imine (C=N–C) groups is 1. The zero-order chi connectivity index (χ0) is 18.3. The van der Waals surface area contributed by atoms with Crippen molar-refractivity contribution in [2.45, 2.75) is 6.18 Å². The molecule has 0 amide bonds. The number of halogens is 3. The van der Waals surface area contributed by atoms with Gasteiger partial charge < -0.3 is 21.1 Å². The third-order valence-electron chi connectivity index (χ3n) is 3.14. The highest BCUT2D eigenvalue weighted by molar-refractivity contribution is 5.92. The summed E-state index contributed by atoms with van der Waals surface area (Å²) in [5.74, 6) is 0.575. The monoisotopic (exact) mass is 353 g/mol. The number of methoxy groups -OCH3 is 1. The molecule has 0 saturated carbocycles. The van der Waals surface area contributed by atoms with Gasteiger partial charge >= 0.3 is 6.18 Å². The predicted octanol–water partition coefficient (Wildman–Crippen LogP) is 2.95. The normalized spacial score (nSPS) is 11.9. The van der Waals surface area contributed by atoms with Crippen LogP contribution in [-0.4, -0.2) is 31.1 Å². The Morgan fingerprint density at radius 2 is 2.08 bits per heavy atom. The van der Waals surface area contributed by atoms with Crippen LogP contribution in [0, 0.1) is 0 Å². The summed E-state index contributed by atoms with van der Waals surface area (Å²) in [5.41, 5.74) is 5.62. The topological polar surface area (TPSA) is 84.6 Å². The van der Waals surface area contributed by atoms with E-state index in [4.69, 9.17) is 10.5 Å². The Morgan fingerprint density at radius 1 is 1.28 bits per heavy atom. The minimum absolute atomic E-state index is 0.145. The molecular formula is C16H18F3N5O. The Hall–Kier alpha value is -2.97. The number of benzene rings is 1. The number of nitrogens with two attached hydrogens (primary N) is 1. The molecule has 0 saturated heterocycles. The first-order valence-electron chi connectivity index (χ1n) is 7.37. The number of nitrogens with zero attached hydrogens (tertiary/aromatic N) is 2. The van der Waals surface area contributed by atoms with E-state index in [-0.39, 0.29) is 24.9 Å². The zero-order valence-electron chi connectivity index (χ0n) is 13.5. The maximum Gasteiger partial charge on any atom is 0.419 e. The average Bonchev–Trinajstić information content (AvgIpc) is 2.58. The van der Waals surface area contributed by atoms with Gasteiger partial charge in [0.15, 0.2) is 5.96 Å². The van der Waals surface area contributed by atoms with Crippen LogP contribution in [0.15, 0.2) is 47.6 Å².